The van der Waals surface area contributed by atoms with Gasteiger partial charge in [-0.25, -0.2) is 8.42 Å². The van der Waals surface area contributed by atoms with E-state index in [4.69, 9.17) is 0 Å². The van der Waals surface area contributed by atoms with Crippen molar-refractivity contribution in [3.8, 4) is 0 Å². The summed E-state index contributed by atoms with van der Waals surface area (Å²) >= 11 is 0. The summed E-state index contributed by atoms with van der Waals surface area (Å²) in [7, 11) is -4.08. The Morgan fingerprint density at radius 1 is 0.872 bits per heavy atom. The first-order valence-electron chi connectivity index (χ1n) is 13.4. The Balaban J connectivity index is 2.06. The van der Waals surface area contributed by atoms with E-state index in [0.29, 0.717) is 18.7 Å². The molecule has 0 fully saturated rings. The predicted molar refractivity (Wildman–Crippen MR) is 156 cm³/mol. The molecule has 0 saturated carbocycles. The highest BCUT2D eigenvalue weighted by atomic mass is 32.2. The van der Waals surface area contributed by atoms with Gasteiger partial charge < -0.3 is 10.2 Å². The third-order valence-corrected chi connectivity index (χ3v) is 8.59. The standard InChI is InChI=1S/C31H39N3O4S/c1-6-19-32-31(36)29(7-2)33(21-26-11-9-8-10-12-26)30(35)22-34(27-16-15-24(4)25(5)20-27)39(37,38)28-17-13-23(3)14-18-28/h8-18,20,29H,6-7,19,21-22H2,1-5H3,(H,32,36)/t29-/m0/s1. The number of sulfonamides is 1. The van der Waals surface area contributed by atoms with Gasteiger partial charge in [0.15, 0.2) is 0 Å². The number of carbonyl (C=O) groups is 2. The van der Waals surface area contributed by atoms with Crippen molar-refractivity contribution >= 4 is 27.5 Å². The van der Waals surface area contributed by atoms with Crippen LogP contribution in [0.15, 0.2) is 77.7 Å². The molecule has 0 aliphatic heterocycles. The molecule has 3 aromatic rings. The molecule has 0 aliphatic carbocycles. The summed E-state index contributed by atoms with van der Waals surface area (Å²) < 4.78 is 29.0. The minimum absolute atomic E-state index is 0.0986. The molecule has 0 aromatic heterocycles. The third-order valence-electron chi connectivity index (χ3n) is 6.80. The molecule has 208 valence electrons. The maximum absolute atomic E-state index is 14.0. The lowest BCUT2D eigenvalue weighted by Crippen LogP contribution is -2.52. The topological polar surface area (TPSA) is 86.8 Å². The highest BCUT2D eigenvalue weighted by Crippen LogP contribution is 2.27. The first kappa shape index (κ1) is 29.9. The molecular formula is C31H39N3O4S. The molecule has 39 heavy (non-hydrogen) atoms. The molecule has 0 heterocycles. The second kappa shape index (κ2) is 13.4. The largest absolute Gasteiger partial charge is 0.354 e. The fourth-order valence-electron chi connectivity index (χ4n) is 4.31. The number of amides is 2. The van der Waals surface area contributed by atoms with Crippen LogP contribution in [0.1, 0.15) is 48.9 Å². The zero-order chi connectivity index (χ0) is 28.6. The van der Waals surface area contributed by atoms with E-state index in [9.17, 15) is 18.0 Å². The summed E-state index contributed by atoms with van der Waals surface area (Å²) in [6.45, 7) is 9.80. The molecule has 3 rings (SSSR count). The van der Waals surface area contributed by atoms with Crippen LogP contribution in [0, 0.1) is 20.8 Å². The van der Waals surface area contributed by atoms with Crippen LogP contribution in [0.5, 0.6) is 0 Å². The van der Waals surface area contributed by atoms with E-state index in [-0.39, 0.29) is 17.3 Å². The monoisotopic (exact) mass is 549 g/mol. The predicted octanol–water partition coefficient (Wildman–Crippen LogP) is 5.14. The van der Waals surface area contributed by atoms with Crippen LogP contribution in [-0.4, -0.2) is 44.3 Å². The van der Waals surface area contributed by atoms with Gasteiger partial charge in [-0.15, -0.1) is 0 Å². The fourth-order valence-corrected chi connectivity index (χ4v) is 5.72. The lowest BCUT2D eigenvalue weighted by Gasteiger charge is -2.33. The van der Waals surface area contributed by atoms with E-state index in [1.54, 1.807) is 36.4 Å². The molecule has 0 bridgehead atoms. The number of rotatable bonds is 12. The molecule has 0 saturated heterocycles. The maximum Gasteiger partial charge on any atom is 0.264 e. The van der Waals surface area contributed by atoms with Crippen molar-refractivity contribution in [2.45, 2.75) is 64.9 Å². The number of hydrogen-bond acceptors (Lipinski definition) is 4. The zero-order valence-electron chi connectivity index (χ0n) is 23.5. The van der Waals surface area contributed by atoms with E-state index in [0.717, 1.165) is 33.0 Å². The molecule has 0 unspecified atom stereocenters. The van der Waals surface area contributed by atoms with Gasteiger partial charge in [-0.2, -0.15) is 0 Å². The van der Waals surface area contributed by atoms with Crippen LogP contribution in [0.25, 0.3) is 0 Å². The summed E-state index contributed by atoms with van der Waals surface area (Å²) in [5.74, 6) is -0.700. The highest BCUT2D eigenvalue weighted by Gasteiger charge is 2.33. The second-order valence-corrected chi connectivity index (χ2v) is 11.7. The zero-order valence-corrected chi connectivity index (χ0v) is 24.3. The van der Waals surface area contributed by atoms with Crippen molar-refractivity contribution in [2.24, 2.45) is 0 Å². The SMILES string of the molecule is CCCNC(=O)[C@H](CC)N(Cc1ccccc1)C(=O)CN(c1ccc(C)c(C)c1)S(=O)(=O)c1ccc(C)cc1. The first-order chi connectivity index (χ1) is 18.6. The van der Waals surface area contributed by atoms with Gasteiger partial charge in [0.05, 0.1) is 10.6 Å². The molecule has 0 spiro atoms. The molecular weight excluding hydrogens is 510 g/mol. The lowest BCUT2D eigenvalue weighted by molar-refractivity contribution is -0.140. The second-order valence-electron chi connectivity index (χ2n) is 9.82. The highest BCUT2D eigenvalue weighted by molar-refractivity contribution is 7.92. The number of hydrogen-bond donors (Lipinski definition) is 1. The molecule has 3 aromatic carbocycles. The number of anilines is 1. The van der Waals surface area contributed by atoms with Gasteiger partial charge in [0.1, 0.15) is 12.6 Å². The minimum Gasteiger partial charge on any atom is -0.354 e. The summed E-state index contributed by atoms with van der Waals surface area (Å²) in [5.41, 5.74) is 4.11. The summed E-state index contributed by atoms with van der Waals surface area (Å²) in [5, 5.41) is 2.90. The average molecular weight is 550 g/mol. The Morgan fingerprint density at radius 3 is 2.13 bits per heavy atom. The van der Waals surface area contributed by atoms with Gasteiger partial charge in [0.25, 0.3) is 10.0 Å². The van der Waals surface area contributed by atoms with Gasteiger partial charge in [0, 0.05) is 13.1 Å². The molecule has 8 heteroatoms. The van der Waals surface area contributed by atoms with Crippen LogP contribution in [0.3, 0.4) is 0 Å². The Labute approximate surface area is 232 Å². The molecule has 7 nitrogen and oxygen atoms in total. The summed E-state index contributed by atoms with van der Waals surface area (Å²) in [6.07, 6.45) is 1.16. The van der Waals surface area contributed by atoms with E-state index >= 15 is 0 Å². The van der Waals surface area contributed by atoms with Crippen LogP contribution < -0.4 is 9.62 Å². The van der Waals surface area contributed by atoms with Gasteiger partial charge in [-0.05, 0) is 74.6 Å². The van der Waals surface area contributed by atoms with Gasteiger partial charge in [-0.3, -0.25) is 13.9 Å². The van der Waals surface area contributed by atoms with Crippen LogP contribution in [0.2, 0.25) is 0 Å². The van der Waals surface area contributed by atoms with E-state index < -0.39 is 28.5 Å². The van der Waals surface area contributed by atoms with Crippen molar-refractivity contribution in [3.63, 3.8) is 0 Å². The van der Waals surface area contributed by atoms with Crippen LogP contribution >= 0.6 is 0 Å². The van der Waals surface area contributed by atoms with Crippen molar-refractivity contribution in [3.05, 3.63) is 95.1 Å². The Morgan fingerprint density at radius 2 is 1.54 bits per heavy atom. The van der Waals surface area contributed by atoms with Crippen molar-refractivity contribution in [1.82, 2.24) is 10.2 Å². The van der Waals surface area contributed by atoms with Gasteiger partial charge in [0.2, 0.25) is 11.8 Å². The molecule has 1 atom stereocenters. The van der Waals surface area contributed by atoms with Gasteiger partial charge in [-0.1, -0.05) is 67.9 Å². The molecule has 1 N–H and O–H groups in total. The van der Waals surface area contributed by atoms with E-state index in [1.165, 1.54) is 4.90 Å². The smallest absolute Gasteiger partial charge is 0.264 e. The normalized spacial score (nSPS) is 12.0. The first-order valence-corrected chi connectivity index (χ1v) is 14.8. The minimum atomic E-state index is -4.08. The van der Waals surface area contributed by atoms with Crippen molar-refractivity contribution in [2.75, 3.05) is 17.4 Å². The average Bonchev–Trinajstić information content (AvgIpc) is 2.92. The van der Waals surface area contributed by atoms with E-state index in [2.05, 4.69) is 5.32 Å². The van der Waals surface area contributed by atoms with Crippen LogP contribution in [0.4, 0.5) is 5.69 Å². The summed E-state index contributed by atoms with van der Waals surface area (Å²) in [6, 6.07) is 20.6. The van der Waals surface area contributed by atoms with Crippen molar-refractivity contribution < 1.29 is 18.0 Å². The number of aryl methyl sites for hydroxylation is 3. The number of benzene rings is 3. The quantitative estimate of drug-likeness (QED) is 0.339. The third kappa shape index (κ3) is 7.47. The number of carbonyl (C=O) groups excluding carboxylic acids is 2. The molecule has 0 aliphatic rings. The fraction of sp³-hybridized carbons (Fsp3) is 0.355. The van der Waals surface area contributed by atoms with Gasteiger partial charge >= 0.3 is 0 Å². The maximum atomic E-state index is 14.0. The lowest BCUT2D eigenvalue weighted by atomic mass is 10.1. The van der Waals surface area contributed by atoms with E-state index in [1.807, 2.05) is 71.0 Å². The molecule has 2 amide bonds. The van der Waals surface area contributed by atoms with Crippen LogP contribution in [-0.2, 0) is 26.2 Å². The number of nitrogens with one attached hydrogen (secondary N) is 1. The Bertz CT molecular complexity index is 1370. The Kier molecular flexibility index (Phi) is 10.3. The molecule has 0 radical (unpaired) electrons. The Hall–Kier alpha value is -3.65. The summed E-state index contributed by atoms with van der Waals surface area (Å²) in [4.78, 5) is 28.8. The van der Waals surface area contributed by atoms with Crippen molar-refractivity contribution in [1.29, 1.82) is 0 Å². The number of nitrogens with zero attached hydrogens (tertiary/aromatic N) is 2.